The van der Waals surface area contributed by atoms with Crippen LogP contribution in [-0.4, -0.2) is 30.1 Å². The summed E-state index contributed by atoms with van der Waals surface area (Å²) in [5.74, 6) is 1.63. The fourth-order valence-electron chi connectivity index (χ4n) is 2.80. The molecule has 0 spiro atoms. The zero-order chi connectivity index (χ0) is 16.4. The maximum Gasteiger partial charge on any atom is 0.194 e. The quantitative estimate of drug-likeness (QED) is 0.754. The summed E-state index contributed by atoms with van der Waals surface area (Å²) in [6.45, 7) is 2.75. The minimum Gasteiger partial charge on any atom is -0.497 e. The summed E-state index contributed by atoms with van der Waals surface area (Å²) >= 11 is 1.71. The minimum absolute atomic E-state index is 0.597. The van der Waals surface area contributed by atoms with E-state index in [0.717, 1.165) is 46.3 Å². The molecule has 2 aromatic heterocycles. The first-order valence-corrected chi connectivity index (χ1v) is 8.45. The van der Waals surface area contributed by atoms with Crippen LogP contribution in [0.3, 0.4) is 0 Å². The van der Waals surface area contributed by atoms with Gasteiger partial charge in [0.2, 0.25) is 0 Å². The molecule has 5 nitrogen and oxygen atoms in total. The van der Waals surface area contributed by atoms with E-state index in [0.29, 0.717) is 6.54 Å². The van der Waals surface area contributed by atoms with E-state index in [2.05, 4.69) is 16.3 Å². The lowest BCUT2D eigenvalue weighted by molar-refractivity contribution is 0.404. The summed E-state index contributed by atoms with van der Waals surface area (Å²) < 4.78 is 13.2. The van der Waals surface area contributed by atoms with Crippen molar-refractivity contribution in [3.05, 3.63) is 35.0 Å². The molecule has 0 aliphatic heterocycles. The standard InChI is InChI=1S/C17H21N3O2S/c1-4-15-16(13-9-12(21-2)5-6-14(13)22-3)20-11(7-8-18)10-19-17(20)23-15/h5-6,9-10H,4,7-8,18H2,1-3H3. The van der Waals surface area contributed by atoms with Gasteiger partial charge in [-0.1, -0.05) is 6.92 Å². The molecule has 0 bridgehead atoms. The number of ether oxygens (including phenoxy) is 2. The van der Waals surface area contributed by atoms with Crippen LogP contribution in [0.1, 0.15) is 17.5 Å². The van der Waals surface area contributed by atoms with Gasteiger partial charge in [0.05, 0.1) is 26.1 Å². The van der Waals surface area contributed by atoms with Crippen molar-refractivity contribution >= 4 is 16.3 Å². The van der Waals surface area contributed by atoms with E-state index in [9.17, 15) is 0 Å². The van der Waals surface area contributed by atoms with Crippen molar-refractivity contribution in [2.75, 3.05) is 20.8 Å². The van der Waals surface area contributed by atoms with Gasteiger partial charge < -0.3 is 15.2 Å². The van der Waals surface area contributed by atoms with Gasteiger partial charge in [-0.15, -0.1) is 11.3 Å². The number of imidazole rings is 1. The lowest BCUT2D eigenvalue weighted by Gasteiger charge is -2.12. The SMILES string of the molecule is CCc1sc2ncc(CCN)n2c1-c1cc(OC)ccc1OC. The lowest BCUT2D eigenvalue weighted by Crippen LogP contribution is -2.06. The van der Waals surface area contributed by atoms with E-state index in [4.69, 9.17) is 15.2 Å². The predicted molar refractivity (Wildman–Crippen MR) is 93.7 cm³/mol. The molecule has 3 aromatic rings. The number of aromatic nitrogens is 2. The molecule has 122 valence electrons. The van der Waals surface area contributed by atoms with Crippen LogP contribution in [0, 0.1) is 0 Å². The van der Waals surface area contributed by atoms with Gasteiger partial charge in [-0.05, 0) is 31.2 Å². The topological polar surface area (TPSA) is 61.8 Å². The number of hydrogen-bond donors (Lipinski definition) is 1. The predicted octanol–water partition coefficient (Wildman–Crippen LogP) is 3.14. The van der Waals surface area contributed by atoms with E-state index in [-0.39, 0.29) is 0 Å². The first-order valence-electron chi connectivity index (χ1n) is 7.63. The highest BCUT2D eigenvalue weighted by Crippen LogP contribution is 2.39. The van der Waals surface area contributed by atoms with Crippen molar-refractivity contribution in [1.82, 2.24) is 9.38 Å². The fourth-order valence-corrected chi connectivity index (χ4v) is 3.86. The normalized spacial score (nSPS) is 11.1. The summed E-state index contributed by atoms with van der Waals surface area (Å²) in [6.07, 6.45) is 3.64. The molecule has 0 aliphatic rings. The van der Waals surface area contributed by atoms with Crippen LogP contribution in [0.15, 0.2) is 24.4 Å². The summed E-state index contributed by atoms with van der Waals surface area (Å²) in [4.78, 5) is 6.81. The lowest BCUT2D eigenvalue weighted by atomic mass is 10.1. The second-order valence-corrected chi connectivity index (χ2v) is 6.26. The number of nitrogens with two attached hydrogens (primary N) is 1. The van der Waals surface area contributed by atoms with Gasteiger partial charge in [-0.3, -0.25) is 4.40 Å². The van der Waals surface area contributed by atoms with Crippen LogP contribution in [0.25, 0.3) is 16.2 Å². The van der Waals surface area contributed by atoms with Crippen LogP contribution < -0.4 is 15.2 Å². The highest BCUT2D eigenvalue weighted by Gasteiger charge is 2.20. The molecule has 0 saturated heterocycles. The van der Waals surface area contributed by atoms with Gasteiger partial charge in [0, 0.05) is 22.6 Å². The minimum atomic E-state index is 0.597. The number of hydrogen-bond acceptors (Lipinski definition) is 5. The molecule has 0 fully saturated rings. The van der Waals surface area contributed by atoms with Gasteiger partial charge in [0.25, 0.3) is 0 Å². The van der Waals surface area contributed by atoms with E-state index >= 15 is 0 Å². The zero-order valence-electron chi connectivity index (χ0n) is 13.6. The number of aryl methyl sites for hydroxylation is 1. The van der Waals surface area contributed by atoms with Crippen molar-refractivity contribution in [3.8, 4) is 22.8 Å². The fraction of sp³-hybridized carbons (Fsp3) is 0.353. The second kappa shape index (κ2) is 6.60. The van der Waals surface area contributed by atoms with Crippen LogP contribution in [-0.2, 0) is 12.8 Å². The van der Waals surface area contributed by atoms with Gasteiger partial charge in [0.15, 0.2) is 4.96 Å². The Labute approximate surface area is 139 Å². The molecule has 0 saturated carbocycles. The Balaban J connectivity index is 2.31. The smallest absolute Gasteiger partial charge is 0.194 e. The van der Waals surface area contributed by atoms with Crippen LogP contribution in [0.2, 0.25) is 0 Å². The van der Waals surface area contributed by atoms with Crippen molar-refractivity contribution in [2.45, 2.75) is 19.8 Å². The van der Waals surface area contributed by atoms with Crippen molar-refractivity contribution in [1.29, 1.82) is 0 Å². The Morgan fingerprint density at radius 2 is 2.09 bits per heavy atom. The maximum atomic E-state index is 5.76. The van der Waals surface area contributed by atoms with Crippen LogP contribution >= 0.6 is 11.3 Å². The molecule has 0 aliphatic carbocycles. The Kier molecular flexibility index (Phi) is 4.54. The number of nitrogens with zero attached hydrogens (tertiary/aromatic N) is 2. The second-order valence-electron chi connectivity index (χ2n) is 5.20. The third-order valence-electron chi connectivity index (χ3n) is 3.89. The Hall–Kier alpha value is -2.05. The Bertz CT molecular complexity index is 823. The number of thiazole rings is 1. The molecule has 2 heterocycles. The van der Waals surface area contributed by atoms with Gasteiger partial charge in [-0.25, -0.2) is 4.98 Å². The number of methoxy groups -OCH3 is 2. The number of benzene rings is 1. The average molecular weight is 331 g/mol. The van der Waals surface area contributed by atoms with E-state index in [1.165, 1.54) is 4.88 Å². The van der Waals surface area contributed by atoms with Crippen molar-refractivity contribution in [3.63, 3.8) is 0 Å². The molecule has 23 heavy (non-hydrogen) atoms. The first-order chi connectivity index (χ1) is 11.2. The molecule has 2 N–H and O–H groups in total. The van der Waals surface area contributed by atoms with Crippen molar-refractivity contribution in [2.24, 2.45) is 5.73 Å². The highest BCUT2D eigenvalue weighted by molar-refractivity contribution is 7.17. The largest absolute Gasteiger partial charge is 0.497 e. The van der Waals surface area contributed by atoms with Gasteiger partial charge in [-0.2, -0.15) is 0 Å². The monoisotopic (exact) mass is 331 g/mol. The average Bonchev–Trinajstić information content (AvgIpc) is 3.14. The maximum absolute atomic E-state index is 5.76. The Morgan fingerprint density at radius 1 is 1.26 bits per heavy atom. The molecule has 0 amide bonds. The van der Waals surface area contributed by atoms with Gasteiger partial charge >= 0.3 is 0 Å². The van der Waals surface area contributed by atoms with E-state index in [1.54, 1.807) is 25.6 Å². The number of fused-ring (bicyclic) bond motifs is 1. The zero-order valence-corrected chi connectivity index (χ0v) is 14.4. The first kappa shape index (κ1) is 15.8. The summed E-state index contributed by atoms with van der Waals surface area (Å²) in [5.41, 5.74) is 9.03. The Morgan fingerprint density at radius 3 is 2.74 bits per heavy atom. The molecular formula is C17H21N3O2S. The molecule has 3 rings (SSSR count). The van der Waals surface area contributed by atoms with Gasteiger partial charge in [0.1, 0.15) is 11.5 Å². The van der Waals surface area contributed by atoms with Crippen molar-refractivity contribution < 1.29 is 9.47 Å². The van der Waals surface area contributed by atoms with Crippen LogP contribution in [0.5, 0.6) is 11.5 Å². The summed E-state index contributed by atoms with van der Waals surface area (Å²) in [6, 6.07) is 5.87. The molecule has 0 radical (unpaired) electrons. The molecular weight excluding hydrogens is 310 g/mol. The summed E-state index contributed by atoms with van der Waals surface area (Å²) in [5, 5.41) is 0. The molecule has 6 heteroatoms. The third-order valence-corrected chi connectivity index (χ3v) is 5.09. The molecule has 0 atom stereocenters. The van der Waals surface area contributed by atoms with E-state index in [1.807, 2.05) is 24.4 Å². The highest BCUT2D eigenvalue weighted by atomic mass is 32.1. The molecule has 0 unspecified atom stereocenters. The summed E-state index contributed by atoms with van der Waals surface area (Å²) in [7, 11) is 3.36. The van der Waals surface area contributed by atoms with Crippen LogP contribution in [0.4, 0.5) is 0 Å². The third kappa shape index (κ3) is 2.68. The number of rotatable bonds is 6. The molecule has 1 aromatic carbocycles. The van der Waals surface area contributed by atoms with E-state index < -0.39 is 0 Å².